The van der Waals surface area contributed by atoms with Crippen LogP contribution in [0.1, 0.15) is 34.1 Å². The summed E-state index contributed by atoms with van der Waals surface area (Å²) in [5.74, 6) is -0.608. The van der Waals surface area contributed by atoms with Gasteiger partial charge in [-0.1, -0.05) is 36.4 Å². The van der Waals surface area contributed by atoms with E-state index in [4.69, 9.17) is 18.3 Å². The predicted molar refractivity (Wildman–Crippen MR) is 118 cm³/mol. The summed E-state index contributed by atoms with van der Waals surface area (Å²) < 4.78 is 36.1. The first-order valence-corrected chi connectivity index (χ1v) is 11.6. The Hall–Kier alpha value is -3.25. The lowest BCUT2D eigenvalue weighted by atomic mass is 10.2. The fraction of sp³-hybridized carbons (Fsp3) is 0.304. The van der Waals surface area contributed by atoms with Crippen LogP contribution in [-0.2, 0) is 23.4 Å². The molecule has 0 unspecified atom stereocenters. The first-order chi connectivity index (χ1) is 15.1. The summed E-state index contributed by atoms with van der Waals surface area (Å²) >= 11 is 0. The SMILES string of the molecule is CC(=O)N1CCC(OP(=O)(Oc2ccccc2)Oc2ccccc2)=C1C(=O)OC(C)(C)C. The molecule has 32 heavy (non-hydrogen) atoms. The molecule has 1 aliphatic rings. The largest absolute Gasteiger partial charge is 0.646 e. The molecular weight excluding hydrogens is 433 g/mol. The molecule has 1 aliphatic heterocycles. The second-order valence-electron chi connectivity index (χ2n) is 8.04. The van der Waals surface area contributed by atoms with Gasteiger partial charge in [0.15, 0.2) is 5.70 Å². The fourth-order valence-corrected chi connectivity index (χ4v) is 4.28. The number of rotatable bonds is 7. The van der Waals surface area contributed by atoms with Crippen LogP contribution in [0.5, 0.6) is 11.5 Å². The minimum atomic E-state index is -4.30. The van der Waals surface area contributed by atoms with Crippen LogP contribution < -0.4 is 9.05 Å². The van der Waals surface area contributed by atoms with Crippen molar-refractivity contribution >= 4 is 19.7 Å². The monoisotopic (exact) mass is 459 g/mol. The number of nitrogens with zero attached hydrogens (tertiary/aromatic N) is 1. The molecule has 0 aliphatic carbocycles. The highest BCUT2D eigenvalue weighted by Crippen LogP contribution is 2.53. The van der Waals surface area contributed by atoms with Crippen LogP contribution in [0.3, 0.4) is 0 Å². The van der Waals surface area contributed by atoms with E-state index < -0.39 is 19.4 Å². The number of para-hydroxylation sites is 2. The molecule has 1 heterocycles. The lowest BCUT2D eigenvalue weighted by Crippen LogP contribution is -2.33. The standard InChI is InChI=1S/C23H26NO7P/c1-17(25)24-16-15-20(21(24)22(26)28-23(2,3)4)31-32(27,29-18-11-7-5-8-12-18)30-19-13-9-6-10-14-19/h5-14H,15-16H2,1-4H3. The number of hydrogen-bond acceptors (Lipinski definition) is 7. The molecule has 0 radical (unpaired) electrons. The Bertz CT molecular complexity index is 1000. The topological polar surface area (TPSA) is 91.4 Å². The molecule has 0 atom stereocenters. The molecule has 3 rings (SSSR count). The van der Waals surface area contributed by atoms with E-state index in [1.165, 1.54) is 11.8 Å². The van der Waals surface area contributed by atoms with Crippen molar-refractivity contribution in [2.45, 2.75) is 39.7 Å². The second kappa shape index (κ2) is 9.49. The Morgan fingerprint density at radius 3 is 1.81 bits per heavy atom. The number of carbonyl (C=O) groups is 2. The Labute approximate surface area is 187 Å². The Balaban J connectivity index is 1.98. The molecule has 1 amide bonds. The molecule has 2 aromatic rings. The van der Waals surface area contributed by atoms with E-state index in [2.05, 4.69) is 0 Å². The van der Waals surface area contributed by atoms with E-state index in [-0.39, 0.29) is 41.8 Å². The fourth-order valence-electron chi connectivity index (χ4n) is 2.96. The third-order valence-electron chi connectivity index (χ3n) is 4.21. The van der Waals surface area contributed by atoms with E-state index in [1.807, 2.05) is 0 Å². The van der Waals surface area contributed by atoms with Crippen molar-refractivity contribution < 1.29 is 32.5 Å². The van der Waals surface area contributed by atoms with Gasteiger partial charge in [0.25, 0.3) is 0 Å². The number of amides is 1. The van der Waals surface area contributed by atoms with Crippen molar-refractivity contribution in [3.8, 4) is 11.5 Å². The Morgan fingerprint density at radius 1 is 0.875 bits per heavy atom. The van der Waals surface area contributed by atoms with Crippen molar-refractivity contribution in [2.24, 2.45) is 0 Å². The summed E-state index contributed by atoms with van der Waals surface area (Å²) in [6, 6.07) is 16.8. The normalized spacial score (nSPS) is 14.2. The summed E-state index contributed by atoms with van der Waals surface area (Å²) in [6.07, 6.45) is 0.147. The molecule has 8 nitrogen and oxygen atoms in total. The molecule has 0 spiro atoms. The van der Waals surface area contributed by atoms with Gasteiger partial charge in [-0.2, -0.15) is 4.57 Å². The third kappa shape index (κ3) is 6.14. The molecule has 0 N–H and O–H groups in total. The van der Waals surface area contributed by atoms with Crippen LogP contribution in [0.2, 0.25) is 0 Å². The number of phosphoric ester groups is 1. The van der Waals surface area contributed by atoms with Gasteiger partial charge in [-0.15, -0.1) is 0 Å². The molecule has 0 saturated heterocycles. The molecule has 170 valence electrons. The highest BCUT2D eigenvalue weighted by Gasteiger charge is 2.41. The van der Waals surface area contributed by atoms with Crippen molar-refractivity contribution in [2.75, 3.05) is 6.54 Å². The molecule has 0 fully saturated rings. The smallest absolute Gasteiger partial charge is 0.455 e. The Kier molecular flexibility index (Phi) is 6.94. The quantitative estimate of drug-likeness (QED) is 0.421. The van der Waals surface area contributed by atoms with Gasteiger partial charge in [0.1, 0.15) is 22.9 Å². The van der Waals surface area contributed by atoms with Gasteiger partial charge in [-0.05, 0) is 45.0 Å². The van der Waals surface area contributed by atoms with Gasteiger partial charge in [-0.3, -0.25) is 4.79 Å². The molecule has 2 aromatic carbocycles. The van der Waals surface area contributed by atoms with Crippen LogP contribution in [0.25, 0.3) is 0 Å². The van der Waals surface area contributed by atoms with Gasteiger partial charge in [0.2, 0.25) is 5.91 Å². The zero-order valence-corrected chi connectivity index (χ0v) is 19.3. The predicted octanol–water partition coefficient (Wildman–Crippen LogP) is 5.07. The molecule has 0 saturated carbocycles. The Morgan fingerprint density at radius 2 is 1.38 bits per heavy atom. The number of carbonyl (C=O) groups excluding carboxylic acids is 2. The summed E-state index contributed by atoms with van der Waals surface area (Å²) in [5, 5.41) is 0. The maximum atomic E-state index is 13.7. The number of hydrogen-bond donors (Lipinski definition) is 0. The lowest BCUT2D eigenvalue weighted by Gasteiger charge is -2.24. The van der Waals surface area contributed by atoms with E-state index >= 15 is 0 Å². The zero-order valence-electron chi connectivity index (χ0n) is 18.4. The van der Waals surface area contributed by atoms with Gasteiger partial charge >= 0.3 is 13.8 Å². The van der Waals surface area contributed by atoms with Gasteiger partial charge < -0.3 is 23.2 Å². The van der Waals surface area contributed by atoms with Crippen molar-refractivity contribution in [1.82, 2.24) is 4.90 Å². The van der Waals surface area contributed by atoms with E-state index in [0.29, 0.717) is 0 Å². The van der Waals surface area contributed by atoms with Crippen molar-refractivity contribution in [3.05, 3.63) is 72.1 Å². The molecular formula is C23H26NO7P. The first-order valence-electron chi connectivity index (χ1n) is 10.1. The summed E-state index contributed by atoms with van der Waals surface area (Å²) in [6.45, 7) is 6.63. The minimum Gasteiger partial charge on any atom is -0.455 e. The van der Waals surface area contributed by atoms with Gasteiger partial charge in [0.05, 0.1) is 0 Å². The zero-order chi connectivity index (χ0) is 23.4. The summed E-state index contributed by atoms with van der Waals surface area (Å²) in [4.78, 5) is 26.2. The van der Waals surface area contributed by atoms with Gasteiger partial charge in [0, 0.05) is 19.9 Å². The maximum absolute atomic E-state index is 13.7. The first kappa shape index (κ1) is 23.4. The van der Waals surface area contributed by atoms with E-state index in [0.717, 1.165) is 0 Å². The van der Waals surface area contributed by atoms with Crippen LogP contribution in [0.15, 0.2) is 72.1 Å². The highest BCUT2D eigenvalue weighted by atomic mass is 31.2. The number of benzene rings is 2. The van der Waals surface area contributed by atoms with E-state index in [9.17, 15) is 14.2 Å². The van der Waals surface area contributed by atoms with E-state index in [1.54, 1.807) is 81.4 Å². The third-order valence-corrected chi connectivity index (χ3v) is 5.52. The van der Waals surface area contributed by atoms with Crippen LogP contribution >= 0.6 is 7.82 Å². The average Bonchev–Trinajstić information content (AvgIpc) is 3.11. The van der Waals surface area contributed by atoms with Crippen molar-refractivity contribution in [1.29, 1.82) is 0 Å². The van der Waals surface area contributed by atoms with Crippen LogP contribution in [-0.4, -0.2) is 28.9 Å². The summed E-state index contributed by atoms with van der Waals surface area (Å²) in [7, 11) is -4.30. The van der Waals surface area contributed by atoms with Crippen LogP contribution in [0, 0.1) is 0 Å². The number of phosphoric acid groups is 1. The van der Waals surface area contributed by atoms with Crippen molar-refractivity contribution in [3.63, 3.8) is 0 Å². The van der Waals surface area contributed by atoms with Crippen LogP contribution in [0.4, 0.5) is 0 Å². The lowest BCUT2D eigenvalue weighted by molar-refractivity contribution is -0.153. The second-order valence-corrected chi connectivity index (χ2v) is 9.48. The van der Waals surface area contributed by atoms with Gasteiger partial charge in [-0.25, -0.2) is 4.79 Å². The molecule has 0 aromatic heterocycles. The number of ether oxygens (including phenoxy) is 1. The maximum Gasteiger partial charge on any atom is 0.646 e. The molecule has 0 bridgehead atoms. The highest BCUT2D eigenvalue weighted by molar-refractivity contribution is 7.49. The number of esters is 1. The summed E-state index contributed by atoms with van der Waals surface area (Å²) in [5.41, 5.74) is -0.911. The average molecular weight is 459 g/mol. The minimum absolute atomic E-state index is 0.00430. The molecule has 9 heteroatoms.